The fourth-order valence-corrected chi connectivity index (χ4v) is 4.59. The maximum absolute atomic E-state index is 6.02. The lowest BCUT2D eigenvalue weighted by atomic mass is 9.94. The van der Waals surface area contributed by atoms with Crippen LogP contribution >= 0.6 is 0 Å². The smallest absolute Gasteiger partial charge is 0.222 e. The largest absolute Gasteiger partial charge is 0.381 e. The Hall–Kier alpha value is -1.40. The molecule has 1 aromatic rings. The average molecular weight is 345 g/mol. The fourth-order valence-electron chi connectivity index (χ4n) is 4.59. The first kappa shape index (κ1) is 17.0. The van der Waals surface area contributed by atoms with E-state index in [0.29, 0.717) is 11.9 Å². The lowest BCUT2D eigenvalue weighted by Gasteiger charge is -2.33. The first-order valence-corrected chi connectivity index (χ1v) is 10.0. The quantitative estimate of drug-likeness (QED) is 0.907. The Labute approximate surface area is 150 Å². The van der Waals surface area contributed by atoms with Crippen LogP contribution in [0.4, 0.5) is 11.8 Å². The van der Waals surface area contributed by atoms with Gasteiger partial charge < -0.3 is 15.4 Å². The lowest BCUT2D eigenvalue weighted by Crippen LogP contribution is -2.39. The van der Waals surface area contributed by atoms with Gasteiger partial charge in [-0.3, -0.25) is 4.90 Å². The minimum absolute atomic E-state index is 0.370. The highest BCUT2D eigenvalue weighted by molar-refractivity contribution is 5.44. The molecule has 0 spiro atoms. The second kappa shape index (κ2) is 7.87. The number of anilines is 2. The third-order valence-electron chi connectivity index (χ3n) is 6.04. The molecule has 6 nitrogen and oxygen atoms in total. The van der Waals surface area contributed by atoms with E-state index in [4.69, 9.17) is 10.5 Å². The molecule has 1 saturated carbocycles. The normalized spacial score (nSPS) is 26.7. The van der Waals surface area contributed by atoms with Gasteiger partial charge in [-0.25, -0.2) is 4.98 Å². The van der Waals surface area contributed by atoms with Gasteiger partial charge in [0.15, 0.2) is 0 Å². The molecule has 2 N–H and O–H groups in total. The number of nitrogens with zero attached hydrogens (tertiary/aromatic N) is 4. The Kier molecular flexibility index (Phi) is 5.36. The standard InChI is InChI=1S/C19H31N5O/c20-19-21-17(15-7-12-25-14-15)13-18(22-19)24-9-4-8-23(10-11-24)16-5-2-1-3-6-16/h13,15-16H,1-12,14H2,(H2,20,21,22)/t15-/m1/s1. The highest BCUT2D eigenvalue weighted by Gasteiger charge is 2.25. The molecule has 6 heteroatoms. The molecule has 0 amide bonds. The van der Waals surface area contributed by atoms with E-state index in [1.165, 1.54) is 45.1 Å². The van der Waals surface area contributed by atoms with Crippen molar-refractivity contribution in [3.8, 4) is 0 Å². The number of nitrogens with two attached hydrogens (primary N) is 1. The maximum atomic E-state index is 6.02. The van der Waals surface area contributed by atoms with E-state index in [1.54, 1.807) is 0 Å². The molecule has 3 heterocycles. The molecular weight excluding hydrogens is 314 g/mol. The zero-order chi connectivity index (χ0) is 17.1. The zero-order valence-corrected chi connectivity index (χ0v) is 15.2. The summed E-state index contributed by atoms with van der Waals surface area (Å²) < 4.78 is 5.52. The van der Waals surface area contributed by atoms with E-state index in [1.807, 2.05) is 0 Å². The van der Waals surface area contributed by atoms with Gasteiger partial charge in [0.05, 0.1) is 12.3 Å². The van der Waals surface area contributed by atoms with Crippen molar-refractivity contribution >= 4 is 11.8 Å². The van der Waals surface area contributed by atoms with Crippen LogP contribution in [0.25, 0.3) is 0 Å². The van der Waals surface area contributed by atoms with Crippen LogP contribution in [0.5, 0.6) is 0 Å². The van der Waals surface area contributed by atoms with Crippen molar-refractivity contribution in [3.05, 3.63) is 11.8 Å². The van der Waals surface area contributed by atoms with Crippen molar-refractivity contribution in [3.63, 3.8) is 0 Å². The Morgan fingerprint density at radius 2 is 1.84 bits per heavy atom. The number of aromatic nitrogens is 2. The van der Waals surface area contributed by atoms with E-state index in [-0.39, 0.29) is 0 Å². The summed E-state index contributed by atoms with van der Waals surface area (Å²) in [6, 6.07) is 2.95. The Morgan fingerprint density at radius 1 is 0.960 bits per heavy atom. The van der Waals surface area contributed by atoms with Crippen molar-refractivity contribution in [1.29, 1.82) is 0 Å². The van der Waals surface area contributed by atoms with Crippen LogP contribution in [-0.2, 0) is 4.74 Å². The van der Waals surface area contributed by atoms with Gasteiger partial charge in [-0.15, -0.1) is 0 Å². The Bertz CT molecular complexity index is 569. The molecule has 0 unspecified atom stereocenters. The molecule has 0 bridgehead atoms. The van der Waals surface area contributed by atoms with E-state index in [2.05, 4.69) is 25.8 Å². The topological polar surface area (TPSA) is 67.5 Å². The first-order chi connectivity index (χ1) is 12.3. The molecule has 1 atom stereocenters. The van der Waals surface area contributed by atoms with Crippen LogP contribution in [-0.4, -0.2) is 60.3 Å². The highest BCUT2D eigenvalue weighted by Crippen LogP contribution is 2.28. The van der Waals surface area contributed by atoms with Gasteiger partial charge in [-0.05, 0) is 25.7 Å². The highest BCUT2D eigenvalue weighted by atomic mass is 16.5. The summed E-state index contributed by atoms with van der Waals surface area (Å²) in [5.74, 6) is 1.77. The van der Waals surface area contributed by atoms with Crippen LogP contribution in [0, 0.1) is 0 Å². The SMILES string of the molecule is Nc1nc([C@@H]2CCOC2)cc(N2CCCN(C3CCCCC3)CC2)n1. The molecule has 2 aliphatic heterocycles. The molecule has 2 saturated heterocycles. The zero-order valence-electron chi connectivity index (χ0n) is 15.2. The van der Waals surface area contributed by atoms with Crippen molar-refractivity contribution < 1.29 is 4.74 Å². The monoisotopic (exact) mass is 345 g/mol. The molecule has 1 aromatic heterocycles. The summed E-state index contributed by atoms with van der Waals surface area (Å²) in [4.78, 5) is 14.1. The second-order valence-electron chi connectivity index (χ2n) is 7.74. The number of rotatable bonds is 3. The van der Waals surface area contributed by atoms with E-state index in [9.17, 15) is 0 Å². The van der Waals surface area contributed by atoms with Crippen LogP contribution in [0.15, 0.2) is 6.07 Å². The number of hydrogen-bond donors (Lipinski definition) is 1. The molecule has 3 aliphatic rings. The van der Waals surface area contributed by atoms with Gasteiger partial charge in [0.2, 0.25) is 5.95 Å². The van der Waals surface area contributed by atoms with Crippen LogP contribution in [0.1, 0.15) is 56.6 Å². The molecule has 1 aliphatic carbocycles. The Morgan fingerprint density at radius 3 is 2.64 bits per heavy atom. The van der Waals surface area contributed by atoms with E-state index in [0.717, 1.165) is 56.8 Å². The lowest BCUT2D eigenvalue weighted by molar-refractivity contribution is 0.166. The molecular formula is C19H31N5O. The number of ether oxygens (including phenoxy) is 1. The van der Waals surface area contributed by atoms with E-state index < -0.39 is 0 Å². The van der Waals surface area contributed by atoms with Crippen LogP contribution in [0.3, 0.4) is 0 Å². The third kappa shape index (κ3) is 4.06. The third-order valence-corrected chi connectivity index (χ3v) is 6.04. The fraction of sp³-hybridized carbons (Fsp3) is 0.789. The summed E-state index contributed by atoms with van der Waals surface area (Å²) in [6.07, 6.45) is 9.22. The summed E-state index contributed by atoms with van der Waals surface area (Å²) in [5.41, 5.74) is 7.07. The molecule has 3 fully saturated rings. The predicted octanol–water partition coefficient (Wildman–Crippen LogP) is 2.41. The van der Waals surface area contributed by atoms with Crippen molar-refractivity contribution in [2.45, 2.75) is 56.9 Å². The minimum atomic E-state index is 0.370. The minimum Gasteiger partial charge on any atom is -0.381 e. The van der Waals surface area contributed by atoms with Gasteiger partial charge in [-0.2, -0.15) is 4.98 Å². The van der Waals surface area contributed by atoms with Crippen LogP contribution in [0.2, 0.25) is 0 Å². The van der Waals surface area contributed by atoms with E-state index >= 15 is 0 Å². The van der Waals surface area contributed by atoms with Crippen LogP contribution < -0.4 is 10.6 Å². The summed E-state index contributed by atoms with van der Waals surface area (Å²) in [6.45, 7) is 6.02. The number of nitrogen functional groups attached to an aromatic ring is 1. The van der Waals surface area contributed by atoms with Crippen molar-refractivity contribution in [1.82, 2.24) is 14.9 Å². The summed E-state index contributed by atoms with van der Waals surface area (Å²) in [5, 5.41) is 0. The molecule has 25 heavy (non-hydrogen) atoms. The summed E-state index contributed by atoms with van der Waals surface area (Å²) >= 11 is 0. The predicted molar refractivity (Wildman–Crippen MR) is 99.9 cm³/mol. The van der Waals surface area contributed by atoms with Gasteiger partial charge in [0.1, 0.15) is 5.82 Å². The molecule has 0 radical (unpaired) electrons. The molecule has 4 rings (SSSR count). The number of hydrogen-bond acceptors (Lipinski definition) is 6. The van der Waals surface area contributed by atoms with Crippen molar-refractivity contribution in [2.24, 2.45) is 0 Å². The molecule has 138 valence electrons. The van der Waals surface area contributed by atoms with Crippen molar-refractivity contribution in [2.75, 3.05) is 50.0 Å². The average Bonchev–Trinajstić information content (AvgIpc) is 3.06. The second-order valence-corrected chi connectivity index (χ2v) is 7.74. The molecule has 0 aromatic carbocycles. The van der Waals surface area contributed by atoms with Gasteiger partial charge in [0, 0.05) is 50.8 Å². The van der Waals surface area contributed by atoms with Gasteiger partial charge >= 0.3 is 0 Å². The summed E-state index contributed by atoms with van der Waals surface area (Å²) in [7, 11) is 0. The maximum Gasteiger partial charge on any atom is 0.222 e. The Balaban J connectivity index is 1.44. The van der Waals surface area contributed by atoms with Gasteiger partial charge in [-0.1, -0.05) is 19.3 Å². The first-order valence-electron chi connectivity index (χ1n) is 10.0. The van der Waals surface area contributed by atoms with Gasteiger partial charge in [0.25, 0.3) is 0 Å².